The Morgan fingerprint density at radius 1 is 0.667 bits per heavy atom. The summed E-state index contributed by atoms with van der Waals surface area (Å²) in [7, 11) is 0. The highest BCUT2D eigenvalue weighted by Gasteiger charge is 1.98. The zero-order valence-electron chi connectivity index (χ0n) is 14.4. The summed E-state index contributed by atoms with van der Waals surface area (Å²) in [6.07, 6.45) is 4.78. The van der Waals surface area contributed by atoms with Crippen molar-refractivity contribution in [2.75, 3.05) is 0 Å². The molecule has 0 unspecified atom stereocenters. The molecule has 21 heavy (non-hydrogen) atoms. The molecule has 0 aliphatic rings. The zero-order valence-corrected chi connectivity index (χ0v) is 14.4. The molecule has 0 atom stereocenters. The maximum absolute atomic E-state index is 2.32. The molecule has 0 aliphatic carbocycles. The molecule has 2 aromatic rings. The van der Waals surface area contributed by atoms with Gasteiger partial charge in [0.1, 0.15) is 0 Å². The van der Waals surface area contributed by atoms with Gasteiger partial charge in [-0.25, -0.2) is 0 Å². The fourth-order valence-electron chi connectivity index (χ4n) is 2.43. The average molecular weight is 282 g/mol. The van der Waals surface area contributed by atoms with Crippen LogP contribution in [0, 0.1) is 13.8 Å². The first kappa shape index (κ1) is 17.5. The Bertz CT molecular complexity index is 520. The van der Waals surface area contributed by atoms with E-state index in [4.69, 9.17) is 0 Å². The predicted octanol–water partition coefficient (Wildman–Crippen LogP) is 6.07. The molecular formula is C21H30. The quantitative estimate of drug-likeness (QED) is 0.638. The van der Waals surface area contributed by atoms with Crippen LogP contribution >= 0.6 is 0 Å². The lowest BCUT2D eigenvalue weighted by molar-refractivity contribution is 0.897. The predicted molar refractivity (Wildman–Crippen MR) is 95.1 cm³/mol. The third kappa shape index (κ3) is 6.16. The molecule has 2 rings (SSSR count). The smallest absolute Gasteiger partial charge is 0.0279 e. The number of aryl methyl sites for hydroxylation is 5. The third-order valence-corrected chi connectivity index (χ3v) is 3.79. The van der Waals surface area contributed by atoms with Crippen LogP contribution in [0.15, 0.2) is 42.5 Å². The lowest BCUT2D eigenvalue weighted by Gasteiger charge is -2.07. The van der Waals surface area contributed by atoms with Crippen LogP contribution in [-0.4, -0.2) is 0 Å². The van der Waals surface area contributed by atoms with E-state index in [2.05, 4.69) is 77.1 Å². The molecule has 0 saturated heterocycles. The standard InChI is InChI=1S/C12H18.C9H12/c1-4-6-12-9-10(3)7-8-11(12)5-2;1-3-9-6-4-8(2)5-7-9/h7-9H,4-6H2,1-3H3;4-7H,3H2,1-2H3. The molecule has 0 saturated carbocycles. The number of hydrogen-bond donors (Lipinski definition) is 0. The van der Waals surface area contributed by atoms with Crippen LogP contribution in [0.5, 0.6) is 0 Å². The van der Waals surface area contributed by atoms with Crippen LogP contribution in [-0.2, 0) is 19.3 Å². The highest BCUT2D eigenvalue weighted by molar-refractivity contribution is 5.31. The third-order valence-electron chi connectivity index (χ3n) is 3.79. The first-order valence-corrected chi connectivity index (χ1v) is 8.24. The second-order valence-corrected chi connectivity index (χ2v) is 5.71. The van der Waals surface area contributed by atoms with Crippen molar-refractivity contribution in [1.82, 2.24) is 0 Å². The minimum atomic E-state index is 1.14. The van der Waals surface area contributed by atoms with Crippen molar-refractivity contribution in [1.29, 1.82) is 0 Å². The van der Waals surface area contributed by atoms with Crippen LogP contribution in [0.1, 0.15) is 55.0 Å². The van der Waals surface area contributed by atoms with Crippen LogP contribution in [0.2, 0.25) is 0 Å². The van der Waals surface area contributed by atoms with Crippen molar-refractivity contribution in [2.24, 2.45) is 0 Å². The molecule has 0 bridgehead atoms. The average Bonchev–Trinajstić information content (AvgIpc) is 2.49. The summed E-state index contributed by atoms with van der Waals surface area (Å²) in [6, 6.07) is 15.4. The van der Waals surface area contributed by atoms with Gasteiger partial charge in [0, 0.05) is 0 Å². The van der Waals surface area contributed by atoms with Crippen molar-refractivity contribution in [3.63, 3.8) is 0 Å². The molecule has 0 aliphatic heterocycles. The molecule has 0 radical (unpaired) electrons. The monoisotopic (exact) mass is 282 g/mol. The summed E-state index contributed by atoms with van der Waals surface area (Å²) in [5, 5.41) is 0. The van der Waals surface area contributed by atoms with Gasteiger partial charge in [-0.3, -0.25) is 0 Å². The molecule has 114 valence electrons. The van der Waals surface area contributed by atoms with Gasteiger partial charge in [0.25, 0.3) is 0 Å². The summed E-state index contributed by atoms with van der Waals surface area (Å²) in [5.41, 5.74) is 7.20. The maximum Gasteiger partial charge on any atom is -0.0279 e. The van der Waals surface area contributed by atoms with E-state index in [1.165, 1.54) is 35.1 Å². The molecule has 0 heteroatoms. The van der Waals surface area contributed by atoms with Crippen molar-refractivity contribution in [2.45, 2.75) is 60.3 Å². The first-order valence-electron chi connectivity index (χ1n) is 8.24. The molecule has 0 aromatic heterocycles. The van der Waals surface area contributed by atoms with Crippen molar-refractivity contribution in [3.8, 4) is 0 Å². The normalized spacial score (nSPS) is 9.95. The minimum absolute atomic E-state index is 1.14. The van der Waals surface area contributed by atoms with E-state index in [1.807, 2.05) is 0 Å². The summed E-state index contributed by atoms with van der Waals surface area (Å²) >= 11 is 0. The molecule has 0 spiro atoms. The fourth-order valence-corrected chi connectivity index (χ4v) is 2.43. The van der Waals surface area contributed by atoms with Gasteiger partial charge in [0.2, 0.25) is 0 Å². The van der Waals surface area contributed by atoms with Crippen LogP contribution < -0.4 is 0 Å². The molecular weight excluding hydrogens is 252 g/mol. The van der Waals surface area contributed by atoms with Crippen LogP contribution in [0.4, 0.5) is 0 Å². The maximum atomic E-state index is 2.32. The second-order valence-electron chi connectivity index (χ2n) is 5.71. The molecule has 0 fully saturated rings. The SMILES string of the molecule is CCCc1cc(C)ccc1CC.CCc1ccc(C)cc1. The van der Waals surface area contributed by atoms with Gasteiger partial charge >= 0.3 is 0 Å². The van der Waals surface area contributed by atoms with E-state index in [9.17, 15) is 0 Å². The Morgan fingerprint density at radius 3 is 1.81 bits per heavy atom. The van der Waals surface area contributed by atoms with Gasteiger partial charge in [0.05, 0.1) is 0 Å². The van der Waals surface area contributed by atoms with Crippen molar-refractivity contribution in [3.05, 3.63) is 70.3 Å². The summed E-state index contributed by atoms with van der Waals surface area (Å²) in [5.74, 6) is 0. The van der Waals surface area contributed by atoms with Crippen molar-refractivity contribution < 1.29 is 0 Å². The Kier molecular flexibility index (Phi) is 7.82. The minimum Gasteiger partial charge on any atom is -0.0651 e. The van der Waals surface area contributed by atoms with Crippen LogP contribution in [0.25, 0.3) is 0 Å². The fraction of sp³-hybridized carbons (Fsp3) is 0.429. The number of benzene rings is 2. The lowest BCUT2D eigenvalue weighted by Crippen LogP contribution is -1.92. The van der Waals surface area contributed by atoms with Crippen molar-refractivity contribution >= 4 is 0 Å². The highest BCUT2D eigenvalue weighted by Crippen LogP contribution is 2.14. The largest absolute Gasteiger partial charge is 0.0651 e. The van der Waals surface area contributed by atoms with Gasteiger partial charge in [-0.1, -0.05) is 80.8 Å². The van der Waals surface area contributed by atoms with Crippen LogP contribution in [0.3, 0.4) is 0 Å². The summed E-state index contributed by atoms with van der Waals surface area (Å²) in [6.45, 7) is 10.9. The van der Waals surface area contributed by atoms with E-state index < -0.39 is 0 Å². The molecule has 2 aromatic carbocycles. The van der Waals surface area contributed by atoms with Gasteiger partial charge in [-0.2, -0.15) is 0 Å². The Balaban J connectivity index is 0.000000219. The van der Waals surface area contributed by atoms with E-state index in [0.717, 1.165) is 12.8 Å². The highest BCUT2D eigenvalue weighted by atomic mass is 14.0. The summed E-state index contributed by atoms with van der Waals surface area (Å²) in [4.78, 5) is 0. The van der Waals surface area contributed by atoms with Gasteiger partial charge in [-0.05, 0) is 49.8 Å². The van der Waals surface area contributed by atoms with Gasteiger partial charge in [-0.15, -0.1) is 0 Å². The zero-order chi connectivity index (χ0) is 15.7. The topological polar surface area (TPSA) is 0 Å². The van der Waals surface area contributed by atoms with E-state index in [-0.39, 0.29) is 0 Å². The van der Waals surface area contributed by atoms with E-state index in [0.29, 0.717) is 0 Å². The van der Waals surface area contributed by atoms with E-state index >= 15 is 0 Å². The molecule has 0 amide bonds. The molecule has 0 N–H and O–H groups in total. The van der Waals surface area contributed by atoms with E-state index in [1.54, 1.807) is 5.56 Å². The molecule has 0 heterocycles. The first-order chi connectivity index (χ1) is 10.1. The molecule has 0 nitrogen and oxygen atoms in total. The number of hydrogen-bond acceptors (Lipinski definition) is 0. The Labute approximate surface area is 131 Å². The number of rotatable bonds is 4. The summed E-state index contributed by atoms with van der Waals surface area (Å²) < 4.78 is 0. The Hall–Kier alpha value is -1.56. The lowest BCUT2D eigenvalue weighted by atomic mass is 9.99. The second kappa shape index (κ2) is 9.39. The van der Waals surface area contributed by atoms with Gasteiger partial charge < -0.3 is 0 Å². The Morgan fingerprint density at radius 2 is 1.29 bits per heavy atom. The van der Waals surface area contributed by atoms with Gasteiger partial charge in [0.15, 0.2) is 0 Å².